The van der Waals surface area contributed by atoms with Crippen LogP contribution in [0.15, 0.2) is 35.3 Å². The number of amides is 2. The van der Waals surface area contributed by atoms with Gasteiger partial charge in [-0.25, -0.2) is 0 Å². The van der Waals surface area contributed by atoms with Crippen LogP contribution in [0.25, 0.3) is 0 Å². The zero-order chi connectivity index (χ0) is 20.5. The first-order valence-electron chi connectivity index (χ1n) is 10.5. The number of nitrogens with zero attached hydrogens (tertiary/aromatic N) is 3. The molecule has 1 atom stereocenters. The summed E-state index contributed by atoms with van der Waals surface area (Å²) in [5, 5.41) is 6.20. The molecule has 2 fully saturated rings. The molecule has 0 radical (unpaired) electrons. The second kappa shape index (κ2) is 10.8. The molecule has 1 unspecified atom stereocenters. The van der Waals surface area contributed by atoms with Gasteiger partial charge in [-0.3, -0.25) is 14.6 Å². The molecule has 2 saturated heterocycles. The third-order valence-electron chi connectivity index (χ3n) is 5.13. The van der Waals surface area contributed by atoms with Crippen LogP contribution >= 0.6 is 0 Å². The maximum atomic E-state index is 12.5. The molecule has 0 bridgehead atoms. The highest BCUT2D eigenvalue weighted by Gasteiger charge is 2.30. The Hall–Kier alpha value is -2.61. The summed E-state index contributed by atoms with van der Waals surface area (Å²) in [6.45, 7) is 7.28. The number of rotatable bonds is 6. The standard InChI is InChI=1S/C21H31N5O3/c1-2-22-21(24-11-10-23-19(27)17-7-4-3-5-8-17)26-14-12-25(13-15-26)20(28)18-9-6-16-29-18/h3-5,7-8,18H,2,6,9-16H2,1H3,(H,22,24)(H,23,27). The molecule has 1 aromatic rings. The lowest BCUT2D eigenvalue weighted by molar-refractivity contribution is -0.142. The monoisotopic (exact) mass is 401 g/mol. The highest BCUT2D eigenvalue weighted by Crippen LogP contribution is 2.16. The lowest BCUT2D eigenvalue weighted by atomic mass is 10.2. The molecule has 2 aliphatic rings. The Kier molecular flexibility index (Phi) is 7.86. The Morgan fingerprint density at radius 2 is 1.83 bits per heavy atom. The van der Waals surface area contributed by atoms with Crippen molar-refractivity contribution >= 4 is 17.8 Å². The smallest absolute Gasteiger partial charge is 0.251 e. The number of piperazine rings is 1. The number of aliphatic imine (C=N–C) groups is 1. The highest BCUT2D eigenvalue weighted by atomic mass is 16.5. The molecule has 1 aromatic carbocycles. The molecule has 2 amide bonds. The SMILES string of the molecule is CCNC(=NCCNC(=O)c1ccccc1)N1CCN(C(=O)C2CCCO2)CC1. The lowest BCUT2D eigenvalue weighted by Crippen LogP contribution is -2.55. The lowest BCUT2D eigenvalue weighted by Gasteiger charge is -2.37. The summed E-state index contributed by atoms with van der Waals surface area (Å²) in [5.41, 5.74) is 0.649. The van der Waals surface area contributed by atoms with Crippen molar-refractivity contribution in [2.75, 3.05) is 52.4 Å². The molecule has 0 spiro atoms. The van der Waals surface area contributed by atoms with Gasteiger partial charge in [0.2, 0.25) is 0 Å². The highest BCUT2D eigenvalue weighted by molar-refractivity contribution is 5.94. The molecule has 8 nitrogen and oxygen atoms in total. The van der Waals surface area contributed by atoms with Gasteiger partial charge in [-0.05, 0) is 31.9 Å². The largest absolute Gasteiger partial charge is 0.368 e. The Labute approximate surface area is 172 Å². The van der Waals surface area contributed by atoms with E-state index in [0.717, 1.165) is 38.4 Å². The molecule has 29 heavy (non-hydrogen) atoms. The van der Waals surface area contributed by atoms with Crippen LogP contribution in [0.1, 0.15) is 30.1 Å². The van der Waals surface area contributed by atoms with E-state index >= 15 is 0 Å². The zero-order valence-corrected chi connectivity index (χ0v) is 17.1. The molecule has 0 saturated carbocycles. The van der Waals surface area contributed by atoms with Crippen LogP contribution in [0, 0.1) is 0 Å². The maximum absolute atomic E-state index is 12.5. The summed E-state index contributed by atoms with van der Waals surface area (Å²) in [5.74, 6) is 0.852. The van der Waals surface area contributed by atoms with Crippen molar-refractivity contribution in [2.45, 2.75) is 25.9 Å². The summed E-state index contributed by atoms with van der Waals surface area (Å²) in [7, 11) is 0. The predicted octanol–water partition coefficient (Wildman–Crippen LogP) is 0.705. The predicted molar refractivity (Wildman–Crippen MR) is 112 cm³/mol. The van der Waals surface area contributed by atoms with Gasteiger partial charge in [0.05, 0.1) is 6.54 Å². The fourth-order valence-electron chi connectivity index (χ4n) is 3.56. The van der Waals surface area contributed by atoms with E-state index in [-0.39, 0.29) is 17.9 Å². The van der Waals surface area contributed by atoms with E-state index in [1.165, 1.54) is 0 Å². The summed E-state index contributed by atoms with van der Waals surface area (Å²) >= 11 is 0. The van der Waals surface area contributed by atoms with Gasteiger partial charge in [0.25, 0.3) is 11.8 Å². The van der Waals surface area contributed by atoms with Crippen LogP contribution in [-0.4, -0.2) is 86.1 Å². The zero-order valence-electron chi connectivity index (χ0n) is 17.1. The third kappa shape index (κ3) is 5.93. The topological polar surface area (TPSA) is 86.3 Å². The molecular formula is C21H31N5O3. The van der Waals surface area contributed by atoms with Crippen molar-refractivity contribution < 1.29 is 14.3 Å². The minimum absolute atomic E-state index is 0.0907. The van der Waals surface area contributed by atoms with Gasteiger partial charge in [0.15, 0.2) is 5.96 Å². The Bertz CT molecular complexity index is 696. The van der Waals surface area contributed by atoms with Gasteiger partial charge in [0, 0.05) is 51.4 Å². The molecule has 2 heterocycles. The van der Waals surface area contributed by atoms with Crippen LogP contribution in [0.5, 0.6) is 0 Å². The van der Waals surface area contributed by atoms with E-state index < -0.39 is 0 Å². The van der Waals surface area contributed by atoms with Crippen LogP contribution in [-0.2, 0) is 9.53 Å². The normalized spacial score (nSPS) is 19.9. The number of carbonyl (C=O) groups excluding carboxylic acids is 2. The molecule has 0 aromatic heterocycles. The van der Waals surface area contributed by atoms with Crippen molar-refractivity contribution in [1.29, 1.82) is 0 Å². The summed E-state index contributed by atoms with van der Waals surface area (Å²) in [6.07, 6.45) is 1.54. The van der Waals surface area contributed by atoms with E-state index in [0.29, 0.717) is 38.3 Å². The van der Waals surface area contributed by atoms with Gasteiger partial charge in [-0.1, -0.05) is 18.2 Å². The number of benzene rings is 1. The van der Waals surface area contributed by atoms with Gasteiger partial charge < -0.3 is 25.2 Å². The molecule has 158 valence electrons. The van der Waals surface area contributed by atoms with Crippen molar-refractivity contribution in [2.24, 2.45) is 4.99 Å². The number of carbonyl (C=O) groups is 2. The first-order chi connectivity index (χ1) is 14.2. The Balaban J connectivity index is 1.45. The van der Waals surface area contributed by atoms with E-state index in [1.807, 2.05) is 30.0 Å². The second-order valence-corrected chi connectivity index (χ2v) is 7.17. The molecule has 2 aliphatic heterocycles. The number of ether oxygens (including phenoxy) is 1. The average Bonchev–Trinajstić information content (AvgIpc) is 3.31. The van der Waals surface area contributed by atoms with Crippen molar-refractivity contribution in [3.63, 3.8) is 0 Å². The minimum atomic E-state index is -0.253. The number of guanidine groups is 1. The van der Waals surface area contributed by atoms with E-state index in [1.54, 1.807) is 12.1 Å². The van der Waals surface area contributed by atoms with Crippen molar-refractivity contribution in [1.82, 2.24) is 20.4 Å². The number of nitrogens with one attached hydrogen (secondary N) is 2. The minimum Gasteiger partial charge on any atom is -0.368 e. The van der Waals surface area contributed by atoms with Gasteiger partial charge in [0.1, 0.15) is 6.10 Å². The summed E-state index contributed by atoms with van der Waals surface area (Å²) < 4.78 is 5.52. The molecular weight excluding hydrogens is 370 g/mol. The van der Waals surface area contributed by atoms with Crippen molar-refractivity contribution in [3.05, 3.63) is 35.9 Å². The second-order valence-electron chi connectivity index (χ2n) is 7.17. The van der Waals surface area contributed by atoms with E-state index in [9.17, 15) is 9.59 Å². The number of hydrogen-bond donors (Lipinski definition) is 2. The molecule has 0 aliphatic carbocycles. The van der Waals surface area contributed by atoms with Crippen LogP contribution in [0.3, 0.4) is 0 Å². The fourth-order valence-corrected chi connectivity index (χ4v) is 3.56. The molecule has 3 rings (SSSR count). The maximum Gasteiger partial charge on any atom is 0.251 e. The van der Waals surface area contributed by atoms with Gasteiger partial charge in [-0.15, -0.1) is 0 Å². The summed E-state index contributed by atoms with van der Waals surface area (Å²) in [4.78, 5) is 33.3. The number of hydrogen-bond acceptors (Lipinski definition) is 4. The van der Waals surface area contributed by atoms with Gasteiger partial charge in [-0.2, -0.15) is 0 Å². The van der Waals surface area contributed by atoms with E-state index in [2.05, 4.69) is 20.5 Å². The molecule has 8 heteroatoms. The molecule has 2 N–H and O–H groups in total. The van der Waals surface area contributed by atoms with Gasteiger partial charge >= 0.3 is 0 Å². The van der Waals surface area contributed by atoms with E-state index in [4.69, 9.17) is 4.74 Å². The first-order valence-corrected chi connectivity index (χ1v) is 10.5. The fraction of sp³-hybridized carbons (Fsp3) is 0.571. The average molecular weight is 402 g/mol. The Morgan fingerprint density at radius 1 is 1.10 bits per heavy atom. The first kappa shape index (κ1) is 21.1. The van der Waals surface area contributed by atoms with Crippen LogP contribution in [0.4, 0.5) is 0 Å². The summed E-state index contributed by atoms with van der Waals surface area (Å²) in [6, 6.07) is 9.16. The quantitative estimate of drug-likeness (QED) is 0.416. The van der Waals surface area contributed by atoms with Crippen LogP contribution in [0.2, 0.25) is 0 Å². The third-order valence-corrected chi connectivity index (χ3v) is 5.13. The van der Waals surface area contributed by atoms with Crippen LogP contribution < -0.4 is 10.6 Å². The Morgan fingerprint density at radius 3 is 2.48 bits per heavy atom. The van der Waals surface area contributed by atoms with Crippen molar-refractivity contribution in [3.8, 4) is 0 Å².